The molecule has 7 heteroatoms. The molecule has 7 nitrogen and oxygen atoms in total. The Bertz CT molecular complexity index is 1150. The number of anilines is 2. The first-order valence-electron chi connectivity index (χ1n) is 10.8. The first-order chi connectivity index (χ1) is 15.1. The van der Waals surface area contributed by atoms with Crippen LogP contribution in [0.25, 0.3) is 11.0 Å². The van der Waals surface area contributed by atoms with Gasteiger partial charge in [-0.15, -0.1) is 0 Å². The predicted octanol–water partition coefficient (Wildman–Crippen LogP) is 4.33. The third-order valence-corrected chi connectivity index (χ3v) is 5.86. The molecule has 0 saturated carbocycles. The third kappa shape index (κ3) is 3.87. The number of nitrogens with zero attached hydrogens (tertiary/aromatic N) is 3. The molecule has 2 aliphatic heterocycles. The molecule has 1 aromatic carbocycles. The lowest BCUT2D eigenvalue weighted by molar-refractivity contribution is 0.0684. The van der Waals surface area contributed by atoms with Crippen LogP contribution in [0, 0.1) is 12.8 Å². The van der Waals surface area contributed by atoms with Gasteiger partial charge in [-0.3, -0.25) is 4.79 Å². The molecular formula is C24H26N4O3. The van der Waals surface area contributed by atoms with Gasteiger partial charge >= 0.3 is 0 Å². The summed E-state index contributed by atoms with van der Waals surface area (Å²) in [5.74, 6) is 1.93. The predicted molar refractivity (Wildman–Crippen MR) is 119 cm³/mol. The van der Waals surface area contributed by atoms with E-state index in [1.165, 1.54) is 0 Å². The maximum absolute atomic E-state index is 13.5. The summed E-state index contributed by atoms with van der Waals surface area (Å²) in [7, 11) is 0. The van der Waals surface area contributed by atoms with Crippen LogP contribution in [0.2, 0.25) is 0 Å². The molecule has 2 aromatic heterocycles. The Hall–Kier alpha value is -3.35. The molecule has 0 bridgehead atoms. The molecule has 160 valence electrons. The van der Waals surface area contributed by atoms with Crippen LogP contribution in [0.5, 0.6) is 11.5 Å². The lowest BCUT2D eigenvalue weighted by atomic mass is 9.99. The van der Waals surface area contributed by atoms with Gasteiger partial charge in [0.2, 0.25) is 0 Å². The van der Waals surface area contributed by atoms with E-state index in [-0.39, 0.29) is 5.91 Å². The topological polar surface area (TPSA) is 76.6 Å². The molecular weight excluding hydrogens is 392 g/mol. The lowest BCUT2D eigenvalue weighted by Gasteiger charge is -2.31. The molecule has 31 heavy (non-hydrogen) atoms. The number of aryl methyl sites for hydroxylation is 1. The molecule has 1 saturated heterocycles. The standard InChI is InChI=1S/C24H26N4O3/c1-15-4-3-9-28(14-15)24(29)19-13-25-23-18(7-5-16(2)26-23)22(19)27-17-6-8-20-21(12-17)31-11-10-30-20/h5-8,12-13,15H,3-4,9-11,14H2,1-2H3,(H,25,26,27). The number of benzene rings is 1. The van der Waals surface area contributed by atoms with Crippen LogP contribution in [-0.2, 0) is 0 Å². The number of fused-ring (bicyclic) bond motifs is 2. The van der Waals surface area contributed by atoms with Gasteiger partial charge in [0.25, 0.3) is 5.91 Å². The molecule has 3 aromatic rings. The molecule has 0 aliphatic carbocycles. The quantitative estimate of drug-likeness (QED) is 0.682. The van der Waals surface area contributed by atoms with Gasteiger partial charge in [0.1, 0.15) is 13.2 Å². The van der Waals surface area contributed by atoms with E-state index in [9.17, 15) is 4.79 Å². The van der Waals surface area contributed by atoms with Crippen molar-refractivity contribution in [3.8, 4) is 11.5 Å². The van der Waals surface area contributed by atoms with Crippen molar-refractivity contribution in [3.05, 3.63) is 47.8 Å². The molecule has 0 spiro atoms. The van der Waals surface area contributed by atoms with Crippen molar-refractivity contribution in [1.29, 1.82) is 0 Å². The van der Waals surface area contributed by atoms with Crippen LogP contribution in [0.3, 0.4) is 0 Å². The summed E-state index contributed by atoms with van der Waals surface area (Å²) >= 11 is 0. The zero-order valence-corrected chi connectivity index (χ0v) is 17.9. The van der Waals surface area contributed by atoms with Gasteiger partial charge in [-0.05, 0) is 49.9 Å². The zero-order chi connectivity index (χ0) is 21.4. The van der Waals surface area contributed by atoms with Gasteiger partial charge in [-0.1, -0.05) is 6.92 Å². The SMILES string of the molecule is Cc1ccc2c(Nc3ccc4c(c3)OCCO4)c(C(=O)N3CCCC(C)C3)cnc2n1. The molecule has 1 fully saturated rings. The number of hydrogen-bond donors (Lipinski definition) is 1. The van der Waals surface area contributed by atoms with Crippen LogP contribution in [0.4, 0.5) is 11.4 Å². The Balaban J connectivity index is 1.57. The summed E-state index contributed by atoms with van der Waals surface area (Å²) in [6, 6.07) is 9.63. The highest BCUT2D eigenvalue weighted by Gasteiger charge is 2.26. The fourth-order valence-corrected chi connectivity index (χ4v) is 4.28. The van der Waals surface area contributed by atoms with Crippen molar-refractivity contribution in [2.45, 2.75) is 26.7 Å². The Morgan fingerprint density at radius 3 is 2.84 bits per heavy atom. The summed E-state index contributed by atoms with van der Waals surface area (Å²) in [6.45, 7) is 6.74. The van der Waals surface area contributed by atoms with Crippen LogP contribution in [0.15, 0.2) is 36.5 Å². The van der Waals surface area contributed by atoms with Crippen molar-refractivity contribution in [2.24, 2.45) is 5.92 Å². The van der Waals surface area contributed by atoms with Gasteiger partial charge in [0.05, 0.1) is 11.3 Å². The first kappa shape index (κ1) is 19.6. The van der Waals surface area contributed by atoms with Crippen LogP contribution < -0.4 is 14.8 Å². The summed E-state index contributed by atoms with van der Waals surface area (Å²) in [5.41, 5.74) is 3.59. The number of nitrogens with one attached hydrogen (secondary N) is 1. The monoisotopic (exact) mass is 418 g/mol. The second-order valence-corrected chi connectivity index (χ2v) is 8.35. The number of aromatic nitrogens is 2. The van der Waals surface area contributed by atoms with E-state index in [1.54, 1.807) is 6.20 Å². The Kier molecular flexibility index (Phi) is 5.10. The minimum atomic E-state index is 0.00145. The highest BCUT2D eigenvalue weighted by molar-refractivity contribution is 6.07. The number of rotatable bonds is 3. The summed E-state index contributed by atoms with van der Waals surface area (Å²) in [5, 5.41) is 4.27. The van der Waals surface area contributed by atoms with E-state index < -0.39 is 0 Å². The van der Waals surface area contributed by atoms with E-state index in [4.69, 9.17) is 9.47 Å². The molecule has 0 radical (unpaired) electrons. The Morgan fingerprint density at radius 1 is 1.16 bits per heavy atom. The van der Waals surface area contributed by atoms with E-state index in [2.05, 4.69) is 22.2 Å². The average Bonchev–Trinajstić information content (AvgIpc) is 2.78. The van der Waals surface area contributed by atoms with Crippen molar-refractivity contribution in [2.75, 3.05) is 31.6 Å². The molecule has 4 heterocycles. The van der Waals surface area contributed by atoms with E-state index in [1.807, 2.05) is 42.2 Å². The van der Waals surface area contributed by atoms with Crippen molar-refractivity contribution < 1.29 is 14.3 Å². The summed E-state index contributed by atoms with van der Waals surface area (Å²) < 4.78 is 11.4. The molecule has 1 atom stereocenters. The Labute approximate surface area is 181 Å². The third-order valence-electron chi connectivity index (χ3n) is 5.86. The van der Waals surface area contributed by atoms with E-state index >= 15 is 0 Å². The number of hydrogen-bond acceptors (Lipinski definition) is 6. The van der Waals surface area contributed by atoms with Gasteiger partial charge < -0.3 is 19.7 Å². The largest absolute Gasteiger partial charge is 0.486 e. The highest BCUT2D eigenvalue weighted by atomic mass is 16.6. The fraction of sp³-hybridized carbons (Fsp3) is 0.375. The van der Waals surface area contributed by atoms with Gasteiger partial charge in [-0.25, -0.2) is 9.97 Å². The normalized spacial score (nSPS) is 18.1. The first-order valence-corrected chi connectivity index (χ1v) is 10.8. The summed E-state index contributed by atoms with van der Waals surface area (Å²) in [6.07, 6.45) is 3.83. The second-order valence-electron chi connectivity index (χ2n) is 8.35. The molecule has 1 N–H and O–H groups in total. The molecule has 2 aliphatic rings. The number of ether oxygens (including phenoxy) is 2. The van der Waals surface area contributed by atoms with Gasteiger partial charge in [0, 0.05) is 42.1 Å². The van der Waals surface area contributed by atoms with Crippen LogP contribution >= 0.6 is 0 Å². The number of likely N-dealkylation sites (tertiary alicyclic amines) is 1. The number of carbonyl (C=O) groups is 1. The molecule has 5 rings (SSSR count). The number of pyridine rings is 2. The van der Waals surface area contributed by atoms with E-state index in [0.717, 1.165) is 54.1 Å². The second kappa shape index (κ2) is 8.06. The smallest absolute Gasteiger partial charge is 0.257 e. The zero-order valence-electron chi connectivity index (χ0n) is 17.9. The van der Waals surface area contributed by atoms with Crippen molar-refractivity contribution >= 4 is 28.3 Å². The highest BCUT2D eigenvalue weighted by Crippen LogP contribution is 2.36. The van der Waals surface area contributed by atoms with Crippen LogP contribution in [-0.4, -0.2) is 47.1 Å². The number of piperidine rings is 1. The average molecular weight is 418 g/mol. The van der Waals surface area contributed by atoms with E-state index in [0.29, 0.717) is 36.1 Å². The molecule has 1 amide bonds. The van der Waals surface area contributed by atoms with Gasteiger partial charge in [0.15, 0.2) is 17.1 Å². The van der Waals surface area contributed by atoms with Crippen molar-refractivity contribution in [3.63, 3.8) is 0 Å². The maximum atomic E-state index is 13.5. The lowest BCUT2D eigenvalue weighted by Crippen LogP contribution is -2.39. The van der Waals surface area contributed by atoms with Crippen molar-refractivity contribution in [1.82, 2.24) is 14.9 Å². The minimum Gasteiger partial charge on any atom is -0.486 e. The molecule has 1 unspecified atom stereocenters. The minimum absolute atomic E-state index is 0.00145. The Morgan fingerprint density at radius 2 is 2.00 bits per heavy atom. The fourth-order valence-electron chi connectivity index (χ4n) is 4.28. The van der Waals surface area contributed by atoms with Gasteiger partial charge in [-0.2, -0.15) is 0 Å². The number of carbonyl (C=O) groups excluding carboxylic acids is 1. The number of amides is 1. The van der Waals surface area contributed by atoms with Crippen LogP contribution in [0.1, 0.15) is 35.8 Å². The maximum Gasteiger partial charge on any atom is 0.257 e. The summed E-state index contributed by atoms with van der Waals surface area (Å²) in [4.78, 5) is 24.5.